The highest BCUT2D eigenvalue weighted by molar-refractivity contribution is 5.98. The summed E-state index contributed by atoms with van der Waals surface area (Å²) in [5.41, 5.74) is 2.13. The third kappa shape index (κ3) is 1.19. The third-order valence-corrected chi connectivity index (χ3v) is 3.35. The number of rotatable bonds is 1. The molecule has 3 nitrogen and oxygen atoms in total. The van der Waals surface area contributed by atoms with Crippen molar-refractivity contribution in [1.82, 2.24) is 10.2 Å². The summed E-state index contributed by atoms with van der Waals surface area (Å²) >= 11 is 0. The second kappa shape index (κ2) is 3.39. The van der Waals surface area contributed by atoms with Crippen LogP contribution < -0.4 is 5.32 Å². The molecular formula is C11H17N2O-. The Labute approximate surface area is 85.2 Å². The van der Waals surface area contributed by atoms with E-state index in [-0.39, 0.29) is 6.04 Å². The van der Waals surface area contributed by atoms with E-state index in [4.69, 9.17) is 0 Å². The molecule has 0 saturated carbocycles. The first-order chi connectivity index (χ1) is 6.66. The summed E-state index contributed by atoms with van der Waals surface area (Å²) in [5, 5.41) is 3.35. The fourth-order valence-corrected chi connectivity index (χ4v) is 2.58. The van der Waals surface area contributed by atoms with E-state index in [1.54, 1.807) is 0 Å². The summed E-state index contributed by atoms with van der Waals surface area (Å²) in [6, 6.07) is 0.555. The van der Waals surface area contributed by atoms with Crippen LogP contribution in [0, 0.1) is 6.92 Å². The first-order valence-corrected chi connectivity index (χ1v) is 5.23. The molecule has 3 heteroatoms. The lowest BCUT2D eigenvalue weighted by Crippen LogP contribution is -2.36. The second-order valence-electron chi connectivity index (χ2n) is 4.02. The van der Waals surface area contributed by atoms with Gasteiger partial charge in [0.25, 0.3) is 0 Å². The maximum atomic E-state index is 11.7. The third-order valence-electron chi connectivity index (χ3n) is 3.35. The van der Waals surface area contributed by atoms with E-state index in [0.29, 0.717) is 18.2 Å². The predicted molar refractivity (Wildman–Crippen MR) is 55.6 cm³/mol. The number of hydrogen-bond acceptors (Lipinski definition) is 3. The van der Waals surface area contributed by atoms with Crippen molar-refractivity contribution in [2.45, 2.75) is 32.4 Å². The number of nitrogens with zero attached hydrogens (tertiary/aromatic N) is 1. The number of Topliss-reactive ketones (excluding diaryl/α,β-unsaturated/α-hetero) is 1. The zero-order valence-electron chi connectivity index (χ0n) is 8.84. The summed E-state index contributed by atoms with van der Waals surface area (Å²) < 4.78 is 0. The van der Waals surface area contributed by atoms with Crippen molar-refractivity contribution in [2.24, 2.45) is 0 Å². The Balaban J connectivity index is 2.35. The highest BCUT2D eigenvalue weighted by Crippen LogP contribution is 2.31. The molecule has 0 aromatic carbocycles. The number of carbonyl (C=O) groups excluding carboxylic acids is 1. The standard InChI is InChI=1S/C11H17N2O/c1-4-13-7(2)10-9(14)5-6-12-11(10)8(13)3/h7-8,12H,1,4-6H2,2-3H3/q-1. The van der Waals surface area contributed by atoms with Gasteiger partial charge in [-0.2, -0.15) is 0 Å². The molecule has 0 bridgehead atoms. The SMILES string of the molecule is [CH2-]CN1C(C)C2=C(C(=O)CCN2)C1C. The summed E-state index contributed by atoms with van der Waals surface area (Å²) in [7, 11) is 0. The normalized spacial score (nSPS) is 33.2. The van der Waals surface area contributed by atoms with E-state index in [0.717, 1.165) is 24.4 Å². The van der Waals surface area contributed by atoms with Crippen molar-refractivity contribution < 1.29 is 4.79 Å². The topological polar surface area (TPSA) is 32.3 Å². The lowest BCUT2D eigenvalue weighted by Gasteiger charge is -2.28. The fourth-order valence-electron chi connectivity index (χ4n) is 2.58. The molecule has 78 valence electrons. The van der Waals surface area contributed by atoms with Crippen molar-refractivity contribution in [3.63, 3.8) is 0 Å². The molecule has 0 aromatic heterocycles. The molecule has 0 spiro atoms. The zero-order valence-corrected chi connectivity index (χ0v) is 8.84. The zero-order chi connectivity index (χ0) is 10.3. The van der Waals surface area contributed by atoms with Crippen LogP contribution in [0.15, 0.2) is 11.3 Å². The van der Waals surface area contributed by atoms with Crippen LogP contribution >= 0.6 is 0 Å². The van der Waals surface area contributed by atoms with Gasteiger partial charge in [0.05, 0.1) is 0 Å². The first kappa shape index (κ1) is 9.71. The number of hydrogen-bond donors (Lipinski definition) is 1. The van der Waals surface area contributed by atoms with Crippen molar-refractivity contribution in [3.05, 3.63) is 18.2 Å². The molecule has 2 rings (SSSR count). The van der Waals surface area contributed by atoms with Crippen LogP contribution in [0.3, 0.4) is 0 Å². The van der Waals surface area contributed by atoms with Crippen LogP contribution in [0.1, 0.15) is 20.3 Å². The van der Waals surface area contributed by atoms with Crippen molar-refractivity contribution in [2.75, 3.05) is 13.1 Å². The monoisotopic (exact) mass is 193 g/mol. The van der Waals surface area contributed by atoms with Gasteiger partial charge in [-0.25, -0.2) is 0 Å². The fraction of sp³-hybridized carbons (Fsp3) is 0.636. The van der Waals surface area contributed by atoms with Crippen LogP contribution in [0.4, 0.5) is 0 Å². The molecule has 2 unspecified atom stereocenters. The van der Waals surface area contributed by atoms with E-state index in [1.165, 1.54) is 0 Å². The molecule has 2 heterocycles. The summed E-state index contributed by atoms with van der Waals surface area (Å²) in [6.07, 6.45) is 0.640. The highest BCUT2D eigenvalue weighted by atomic mass is 16.1. The molecule has 2 aliphatic heterocycles. The summed E-state index contributed by atoms with van der Waals surface area (Å²) in [4.78, 5) is 14.0. The van der Waals surface area contributed by atoms with Crippen LogP contribution in [0.5, 0.6) is 0 Å². The van der Waals surface area contributed by atoms with Gasteiger partial charge in [-0.05, 0) is 13.8 Å². The Kier molecular flexibility index (Phi) is 2.35. The molecule has 14 heavy (non-hydrogen) atoms. The molecule has 1 N–H and O–H groups in total. The number of nitrogens with one attached hydrogen (secondary N) is 1. The Morgan fingerprint density at radius 1 is 1.50 bits per heavy atom. The molecule has 0 aromatic rings. The largest absolute Gasteiger partial charge is 0.386 e. The van der Waals surface area contributed by atoms with Gasteiger partial charge in [-0.15, -0.1) is 6.54 Å². The first-order valence-electron chi connectivity index (χ1n) is 5.23. The Morgan fingerprint density at radius 2 is 2.21 bits per heavy atom. The van der Waals surface area contributed by atoms with E-state index in [2.05, 4.69) is 31.0 Å². The molecule has 2 aliphatic rings. The molecule has 0 radical (unpaired) electrons. The van der Waals surface area contributed by atoms with E-state index in [9.17, 15) is 4.79 Å². The Bertz CT molecular complexity index is 296. The van der Waals surface area contributed by atoms with Gasteiger partial charge in [0.1, 0.15) is 0 Å². The highest BCUT2D eigenvalue weighted by Gasteiger charge is 2.38. The van der Waals surface area contributed by atoms with Gasteiger partial charge in [-0.3, -0.25) is 4.79 Å². The molecule has 0 aliphatic carbocycles. The van der Waals surface area contributed by atoms with Gasteiger partial charge in [0.2, 0.25) is 0 Å². The van der Waals surface area contributed by atoms with Gasteiger partial charge >= 0.3 is 0 Å². The Morgan fingerprint density at radius 3 is 2.79 bits per heavy atom. The molecule has 2 atom stereocenters. The summed E-state index contributed by atoms with van der Waals surface area (Å²) in [5.74, 6) is 0.314. The van der Waals surface area contributed by atoms with Gasteiger partial charge < -0.3 is 17.1 Å². The van der Waals surface area contributed by atoms with Crippen molar-refractivity contribution in [1.29, 1.82) is 0 Å². The lowest BCUT2D eigenvalue weighted by atomic mass is 9.98. The van der Waals surface area contributed by atoms with Crippen LogP contribution in [0.25, 0.3) is 0 Å². The molecule has 0 amide bonds. The quantitative estimate of drug-likeness (QED) is 0.623. The predicted octanol–water partition coefficient (Wildman–Crippen LogP) is 0.730. The van der Waals surface area contributed by atoms with E-state index < -0.39 is 0 Å². The van der Waals surface area contributed by atoms with Gasteiger partial charge in [0.15, 0.2) is 5.78 Å². The number of carbonyl (C=O) groups is 1. The minimum Gasteiger partial charge on any atom is -0.386 e. The molecule has 0 saturated heterocycles. The van der Waals surface area contributed by atoms with E-state index >= 15 is 0 Å². The lowest BCUT2D eigenvalue weighted by molar-refractivity contribution is -0.116. The average molecular weight is 193 g/mol. The van der Waals surface area contributed by atoms with E-state index in [1.807, 2.05) is 0 Å². The maximum Gasteiger partial charge on any atom is 0.163 e. The van der Waals surface area contributed by atoms with Crippen LogP contribution in [0.2, 0.25) is 0 Å². The maximum absolute atomic E-state index is 11.7. The van der Waals surface area contributed by atoms with Gasteiger partial charge in [0, 0.05) is 36.3 Å². The molecule has 0 fully saturated rings. The van der Waals surface area contributed by atoms with Crippen LogP contribution in [-0.4, -0.2) is 35.9 Å². The Hall–Kier alpha value is -0.830. The van der Waals surface area contributed by atoms with Crippen LogP contribution in [-0.2, 0) is 4.79 Å². The second-order valence-corrected chi connectivity index (χ2v) is 4.02. The minimum atomic E-state index is 0.234. The van der Waals surface area contributed by atoms with Crippen molar-refractivity contribution >= 4 is 5.78 Å². The molecular weight excluding hydrogens is 176 g/mol. The van der Waals surface area contributed by atoms with Crippen molar-refractivity contribution in [3.8, 4) is 0 Å². The minimum absolute atomic E-state index is 0.234. The number of ketones is 1. The van der Waals surface area contributed by atoms with Gasteiger partial charge in [-0.1, -0.05) is 0 Å². The smallest absolute Gasteiger partial charge is 0.163 e. The average Bonchev–Trinajstić information content (AvgIpc) is 2.41. The summed E-state index contributed by atoms with van der Waals surface area (Å²) in [6.45, 7) is 9.68.